The fraction of sp³-hybridized carbons (Fsp3) is 0.857. The lowest BCUT2D eigenvalue weighted by atomic mass is 9.84. The minimum atomic E-state index is -0.0274. The second-order valence-corrected chi connectivity index (χ2v) is 6.98. The number of hydrogen-bond donors (Lipinski definition) is 1. The van der Waals surface area contributed by atoms with Crippen LogP contribution in [0.3, 0.4) is 0 Å². The van der Waals surface area contributed by atoms with E-state index in [-0.39, 0.29) is 6.04 Å². The molecule has 2 unspecified atom stereocenters. The summed E-state index contributed by atoms with van der Waals surface area (Å²) in [6, 6.07) is -0.0274. The summed E-state index contributed by atoms with van der Waals surface area (Å²) in [6.07, 6.45) is 4.40. The van der Waals surface area contributed by atoms with Gasteiger partial charge in [-0.3, -0.25) is 0 Å². The first kappa shape index (κ1) is 13.5. The number of nitrogens with zero attached hydrogens (tertiary/aromatic N) is 2. The normalized spacial score (nSPS) is 19.8. The van der Waals surface area contributed by atoms with E-state index in [1.165, 1.54) is 12.8 Å². The summed E-state index contributed by atoms with van der Waals surface area (Å²) in [7, 11) is 0. The van der Waals surface area contributed by atoms with Crippen LogP contribution in [0.5, 0.6) is 0 Å². The molecule has 1 aromatic rings. The van der Waals surface area contributed by atoms with Gasteiger partial charge in [-0.25, -0.2) is 0 Å². The Bertz CT molecular complexity index is 390. The average molecular weight is 251 g/mol. The van der Waals surface area contributed by atoms with Gasteiger partial charge >= 0.3 is 0 Å². The van der Waals surface area contributed by atoms with Crippen LogP contribution in [0, 0.1) is 17.3 Å². The van der Waals surface area contributed by atoms with E-state index >= 15 is 0 Å². The third-order valence-corrected chi connectivity index (χ3v) is 3.40. The van der Waals surface area contributed by atoms with Crippen LogP contribution >= 0.6 is 0 Å². The van der Waals surface area contributed by atoms with Crippen molar-refractivity contribution < 1.29 is 4.52 Å². The lowest BCUT2D eigenvalue weighted by Crippen LogP contribution is -2.15. The van der Waals surface area contributed by atoms with Crippen molar-refractivity contribution in [3.8, 4) is 0 Å². The maximum absolute atomic E-state index is 6.06. The van der Waals surface area contributed by atoms with E-state index < -0.39 is 0 Å². The Morgan fingerprint density at radius 1 is 1.39 bits per heavy atom. The highest BCUT2D eigenvalue weighted by Crippen LogP contribution is 2.38. The lowest BCUT2D eigenvalue weighted by molar-refractivity contribution is 0.282. The third-order valence-electron chi connectivity index (χ3n) is 3.40. The molecule has 0 aliphatic heterocycles. The number of rotatable bonds is 5. The standard InChI is InChI=1S/C14H25N3O/c1-9(8-14(2,3)4)7-11-16-13(17-18-11)12(15)10-5-6-10/h9-10,12H,5-8,15H2,1-4H3. The fourth-order valence-corrected chi connectivity index (χ4v) is 2.57. The molecule has 0 spiro atoms. The van der Waals surface area contributed by atoms with Gasteiger partial charge in [-0.2, -0.15) is 4.98 Å². The number of aromatic nitrogens is 2. The molecule has 1 aromatic heterocycles. The Kier molecular flexibility index (Phi) is 3.76. The molecule has 1 aliphatic rings. The summed E-state index contributed by atoms with van der Waals surface area (Å²) in [4.78, 5) is 4.44. The van der Waals surface area contributed by atoms with Gasteiger partial charge in [0.05, 0.1) is 6.04 Å². The van der Waals surface area contributed by atoms with Crippen LogP contribution in [0.4, 0.5) is 0 Å². The van der Waals surface area contributed by atoms with Crippen LogP contribution in [-0.2, 0) is 6.42 Å². The first-order chi connectivity index (χ1) is 8.35. The molecule has 1 heterocycles. The summed E-state index contributed by atoms with van der Waals surface area (Å²) in [5, 5.41) is 4.02. The van der Waals surface area contributed by atoms with Gasteiger partial charge in [0, 0.05) is 6.42 Å². The molecule has 0 amide bonds. The minimum absolute atomic E-state index is 0.0274. The maximum Gasteiger partial charge on any atom is 0.226 e. The molecule has 4 nitrogen and oxygen atoms in total. The van der Waals surface area contributed by atoms with Crippen LogP contribution in [0.2, 0.25) is 0 Å². The van der Waals surface area contributed by atoms with Gasteiger partial charge < -0.3 is 10.3 Å². The van der Waals surface area contributed by atoms with E-state index in [0.29, 0.717) is 23.1 Å². The highest BCUT2D eigenvalue weighted by atomic mass is 16.5. The van der Waals surface area contributed by atoms with Gasteiger partial charge in [0.25, 0.3) is 0 Å². The van der Waals surface area contributed by atoms with Gasteiger partial charge in [0.2, 0.25) is 5.89 Å². The fourth-order valence-electron chi connectivity index (χ4n) is 2.57. The number of nitrogens with two attached hydrogens (primary N) is 1. The van der Waals surface area contributed by atoms with Crippen LogP contribution in [0.1, 0.15) is 64.7 Å². The van der Waals surface area contributed by atoms with Gasteiger partial charge in [-0.1, -0.05) is 32.9 Å². The van der Waals surface area contributed by atoms with E-state index in [2.05, 4.69) is 37.8 Å². The molecule has 1 aliphatic carbocycles. The third kappa shape index (κ3) is 3.80. The second-order valence-electron chi connectivity index (χ2n) is 6.98. The summed E-state index contributed by atoms with van der Waals surface area (Å²) in [6.45, 7) is 9.00. The molecule has 2 atom stereocenters. The molecule has 2 N–H and O–H groups in total. The van der Waals surface area contributed by atoms with Crippen LogP contribution in [0.15, 0.2) is 4.52 Å². The quantitative estimate of drug-likeness (QED) is 0.873. The zero-order valence-corrected chi connectivity index (χ0v) is 11.9. The van der Waals surface area contributed by atoms with Crippen molar-refractivity contribution in [2.45, 2.75) is 59.4 Å². The maximum atomic E-state index is 6.06. The molecule has 1 saturated carbocycles. The van der Waals surface area contributed by atoms with Gasteiger partial charge in [-0.15, -0.1) is 0 Å². The highest BCUT2D eigenvalue weighted by molar-refractivity contribution is 5.00. The van der Waals surface area contributed by atoms with E-state index in [1.807, 2.05) is 0 Å². The zero-order valence-electron chi connectivity index (χ0n) is 11.9. The molecule has 2 rings (SSSR count). The Labute approximate surface area is 109 Å². The highest BCUT2D eigenvalue weighted by Gasteiger charge is 2.32. The van der Waals surface area contributed by atoms with Crippen molar-refractivity contribution >= 4 is 0 Å². The van der Waals surface area contributed by atoms with Crippen molar-refractivity contribution in [3.05, 3.63) is 11.7 Å². The first-order valence-corrected chi connectivity index (χ1v) is 6.93. The second kappa shape index (κ2) is 5.00. The molecule has 0 aromatic carbocycles. The summed E-state index contributed by atoms with van der Waals surface area (Å²) >= 11 is 0. The Balaban J connectivity index is 1.89. The van der Waals surface area contributed by atoms with E-state index in [1.54, 1.807) is 0 Å². The predicted octanol–water partition coefficient (Wildman–Crippen LogP) is 3.09. The van der Waals surface area contributed by atoms with Crippen LogP contribution < -0.4 is 5.73 Å². The van der Waals surface area contributed by atoms with Gasteiger partial charge in [-0.05, 0) is 36.5 Å². The van der Waals surface area contributed by atoms with Crippen molar-refractivity contribution in [2.24, 2.45) is 23.0 Å². The monoisotopic (exact) mass is 251 g/mol. The largest absolute Gasteiger partial charge is 0.339 e. The summed E-state index contributed by atoms with van der Waals surface area (Å²) in [5.74, 6) is 2.55. The van der Waals surface area contributed by atoms with Crippen molar-refractivity contribution in [2.75, 3.05) is 0 Å². The van der Waals surface area contributed by atoms with Crippen molar-refractivity contribution in [1.82, 2.24) is 10.1 Å². The molecule has 18 heavy (non-hydrogen) atoms. The van der Waals surface area contributed by atoms with E-state index in [4.69, 9.17) is 10.3 Å². The molecule has 1 fully saturated rings. The zero-order chi connectivity index (χ0) is 13.3. The van der Waals surface area contributed by atoms with Crippen molar-refractivity contribution in [3.63, 3.8) is 0 Å². The minimum Gasteiger partial charge on any atom is -0.339 e. The molecule has 0 bridgehead atoms. The van der Waals surface area contributed by atoms with Gasteiger partial charge in [0.15, 0.2) is 5.82 Å². The SMILES string of the molecule is CC(Cc1nc(C(N)C2CC2)no1)CC(C)(C)C. The Morgan fingerprint density at radius 3 is 2.61 bits per heavy atom. The number of hydrogen-bond acceptors (Lipinski definition) is 4. The Hall–Kier alpha value is -0.900. The van der Waals surface area contributed by atoms with E-state index in [0.717, 1.165) is 18.7 Å². The molecule has 0 saturated heterocycles. The van der Waals surface area contributed by atoms with Gasteiger partial charge in [0.1, 0.15) is 0 Å². The first-order valence-electron chi connectivity index (χ1n) is 6.93. The molecule has 4 heteroatoms. The van der Waals surface area contributed by atoms with Crippen LogP contribution in [0.25, 0.3) is 0 Å². The average Bonchev–Trinajstić information content (AvgIpc) is 2.96. The van der Waals surface area contributed by atoms with Crippen LogP contribution in [-0.4, -0.2) is 10.1 Å². The lowest BCUT2D eigenvalue weighted by Gasteiger charge is -2.22. The smallest absolute Gasteiger partial charge is 0.226 e. The molecule has 0 radical (unpaired) electrons. The molecular weight excluding hydrogens is 226 g/mol. The van der Waals surface area contributed by atoms with E-state index in [9.17, 15) is 0 Å². The Morgan fingerprint density at radius 2 is 2.06 bits per heavy atom. The molecule has 102 valence electrons. The topological polar surface area (TPSA) is 64.9 Å². The predicted molar refractivity (Wildman–Crippen MR) is 70.9 cm³/mol. The summed E-state index contributed by atoms with van der Waals surface area (Å²) < 4.78 is 5.31. The van der Waals surface area contributed by atoms with Crippen molar-refractivity contribution in [1.29, 1.82) is 0 Å². The summed E-state index contributed by atoms with van der Waals surface area (Å²) in [5.41, 5.74) is 6.40. The molecular formula is C14H25N3O.